The van der Waals surface area contributed by atoms with Crippen LogP contribution in [0.4, 0.5) is 5.69 Å². The number of benzene rings is 1. The zero-order valence-corrected chi connectivity index (χ0v) is 12.5. The Morgan fingerprint density at radius 3 is 3.19 bits per heavy atom. The Kier molecular flexibility index (Phi) is 3.92. The lowest BCUT2D eigenvalue weighted by Crippen LogP contribution is -2.46. The number of anilines is 1. The molecule has 1 aromatic heterocycles. The number of carbonyl (C=O) groups is 1. The van der Waals surface area contributed by atoms with E-state index in [-0.39, 0.29) is 11.9 Å². The second kappa shape index (κ2) is 5.85. The molecule has 1 amide bonds. The number of hydrogen-bond acceptors (Lipinski definition) is 4. The summed E-state index contributed by atoms with van der Waals surface area (Å²) in [6.07, 6.45) is 3.20. The van der Waals surface area contributed by atoms with E-state index in [0.717, 1.165) is 42.6 Å². The quantitative estimate of drug-likeness (QED) is 0.911. The van der Waals surface area contributed by atoms with Gasteiger partial charge in [-0.05, 0) is 43.5 Å². The Bertz CT molecular complexity index is 650. The van der Waals surface area contributed by atoms with Crippen molar-refractivity contribution in [2.24, 2.45) is 5.92 Å². The molecule has 2 N–H and O–H groups in total. The molecule has 1 fully saturated rings. The van der Waals surface area contributed by atoms with E-state index >= 15 is 0 Å². The molecule has 1 aromatic carbocycles. The first-order valence-electron chi connectivity index (χ1n) is 7.57. The van der Waals surface area contributed by atoms with Gasteiger partial charge in [0.25, 0.3) is 0 Å². The number of amides is 1. The maximum Gasteiger partial charge on any atom is 0.241 e. The summed E-state index contributed by atoms with van der Waals surface area (Å²) in [5, 5.41) is 6.27. The normalized spacial score (nSPS) is 22.4. The molecule has 5 nitrogen and oxygen atoms in total. The van der Waals surface area contributed by atoms with Crippen molar-refractivity contribution in [1.29, 1.82) is 0 Å². The van der Waals surface area contributed by atoms with Crippen molar-refractivity contribution >= 4 is 22.7 Å². The number of piperidine rings is 1. The number of aromatic nitrogens is 1. The third-order valence-corrected chi connectivity index (χ3v) is 4.17. The SMILES string of the molecule is CCC1CCNC(C(=O)Nc2ccc3oc(C)nc3c2)C1. The molecule has 0 saturated carbocycles. The fraction of sp³-hybridized carbons (Fsp3) is 0.500. The molecular formula is C16H21N3O2. The Morgan fingerprint density at radius 1 is 1.52 bits per heavy atom. The van der Waals surface area contributed by atoms with Gasteiger partial charge in [-0.2, -0.15) is 0 Å². The van der Waals surface area contributed by atoms with Crippen molar-refractivity contribution in [3.63, 3.8) is 0 Å². The summed E-state index contributed by atoms with van der Waals surface area (Å²) in [5.41, 5.74) is 2.28. The van der Waals surface area contributed by atoms with E-state index in [4.69, 9.17) is 4.42 Å². The van der Waals surface area contributed by atoms with Crippen LogP contribution in [0.5, 0.6) is 0 Å². The molecule has 3 rings (SSSR count). The van der Waals surface area contributed by atoms with Gasteiger partial charge in [-0.1, -0.05) is 13.3 Å². The lowest BCUT2D eigenvalue weighted by Gasteiger charge is -2.28. The molecule has 5 heteroatoms. The minimum atomic E-state index is -0.0987. The average Bonchev–Trinajstić information content (AvgIpc) is 2.86. The molecule has 21 heavy (non-hydrogen) atoms. The molecule has 0 bridgehead atoms. The number of nitrogens with one attached hydrogen (secondary N) is 2. The highest BCUT2D eigenvalue weighted by molar-refractivity contribution is 5.96. The topological polar surface area (TPSA) is 67.2 Å². The van der Waals surface area contributed by atoms with Gasteiger partial charge in [-0.25, -0.2) is 4.98 Å². The number of oxazole rings is 1. The summed E-state index contributed by atoms with van der Waals surface area (Å²) in [4.78, 5) is 16.6. The molecule has 0 spiro atoms. The number of nitrogens with zero attached hydrogens (tertiary/aromatic N) is 1. The molecular weight excluding hydrogens is 266 g/mol. The predicted molar refractivity (Wildman–Crippen MR) is 82.2 cm³/mol. The van der Waals surface area contributed by atoms with Gasteiger partial charge in [0.1, 0.15) is 5.52 Å². The lowest BCUT2D eigenvalue weighted by atomic mass is 9.90. The summed E-state index contributed by atoms with van der Waals surface area (Å²) in [7, 11) is 0. The Hall–Kier alpha value is -1.88. The first-order valence-corrected chi connectivity index (χ1v) is 7.57. The monoisotopic (exact) mass is 287 g/mol. The highest BCUT2D eigenvalue weighted by atomic mass is 16.3. The average molecular weight is 287 g/mol. The van der Waals surface area contributed by atoms with Crippen LogP contribution in [0, 0.1) is 12.8 Å². The predicted octanol–water partition coefficient (Wildman–Crippen LogP) is 2.85. The van der Waals surface area contributed by atoms with Gasteiger partial charge in [0, 0.05) is 12.6 Å². The molecule has 0 radical (unpaired) electrons. The highest BCUT2D eigenvalue weighted by Gasteiger charge is 2.25. The van der Waals surface area contributed by atoms with Crippen LogP contribution in [-0.2, 0) is 4.79 Å². The number of rotatable bonds is 3. The fourth-order valence-electron chi connectivity index (χ4n) is 2.92. The molecule has 2 aromatic rings. The van der Waals surface area contributed by atoms with E-state index in [0.29, 0.717) is 11.8 Å². The van der Waals surface area contributed by atoms with E-state index in [2.05, 4.69) is 22.5 Å². The van der Waals surface area contributed by atoms with Crippen LogP contribution >= 0.6 is 0 Å². The maximum atomic E-state index is 12.4. The van der Waals surface area contributed by atoms with E-state index in [1.807, 2.05) is 25.1 Å². The van der Waals surface area contributed by atoms with Crippen molar-refractivity contribution in [2.45, 2.75) is 39.2 Å². The third-order valence-electron chi connectivity index (χ3n) is 4.17. The van der Waals surface area contributed by atoms with Gasteiger partial charge < -0.3 is 15.1 Å². The van der Waals surface area contributed by atoms with Crippen LogP contribution in [0.1, 0.15) is 32.1 Å². The largest absolute Gasteiger partial charge is 0.441 e. The smallest absolute Gasteiger partial charge is 0.241 e. The van der Waals surface area contributed by atoms with E-state index in [1.54, 1.807) is 0 Å². The standard InChI is InChI=1S/C16H21N3O2/c1-3-11-6-7-17-14(8-11)16(20)19-12-4-5-15-13(9-12)18-10(2)21-15/h4-5,9,11,14,17H,3,6-8H2,1-2H3,(H,19,20). The van der Waals surface area contributed by atoms with Crippen LogP contribution in [0.25, 0.3) is 11.1 Å². The van der Waals surface area contributed by atoms with Crippen molar-refractivity contribution < 1.29 is 9.21 Å². The molecule has 0 aliphatic carbocycles. The first kappa shape index (κ1) is 14.1. The molecule has 1 saturated heterocycles. The lowest BCUT2D eigenvalue weighted by molar-refractivity contribution is -0.119. The summed E-state index contributed by atoms with van der Waals surface area (Å²) in [5.74, 6) is 1.31. The molecule has 2 heterocycles. The Balaban J connectivity index is 1.70. The van der Waals surface area contributed by atoms with Crippen molar-refractivity contribution in [3.05, 3.63) is 24.1 Å². The van der Waals surface area contributed by atoms with E-state index < -0.39 is 0 Å². The Labute approximate surface area is 124 Å². The zero-order chi connectivity index (χ0) is 14.8. The second-order valence-electron chi connectivity index (χ2n) is 5.71. The minimum absolute atomic E-state index is 0.0349. The summed E-state index contributed by atoms with van der Waals surface area (Å²) in [6.45, 7) is 4.92. The number of fused-ring (bicyclic) bond motifs is 1. The summed E-state index contributed by atoms with van der Waals surface area (Å²) in [6, 6.07) is 5.45. The van der Waals surface area contributed by atoms with Gasteiger partial charge >= 0.3 is 0 Å². The summed E-state index contributed by atoms with van der Waals surface area (Å²) >= 11 is 0. The summed E-state index contributed by atoms with van der Waals surface area (Å²) < 4.78 is 5.44. The van der Waals surface area contributed by atoms with Crippen molar-refractivity contribution in [2.75, 3.05) is 11.9 Å². The van der Waals surface area contributed by atoms with Crippen LogP contribution < -0.4 is 10.6 Å². The van der Waals surface area contributed by atoms with Crippen LogP contribution in [0.3, 0.4) is 0 Å². The van der Waals surface area contributed by atoms with Crippen LogP contribution in [0.2, 0.25) is 0 Å². The molecule has 1 aliphatic rings. The van der Waals surface area contributed by atoms with Gasteiger partial charge in [0.05, 0.1) is 6.04 Å². The molecule has 2 unspecified atom stereocenters. The van der Waals surface area contributed by atoms with E-state index in [1.165, 1.54) is 0 Å². The number of hydrogen-bond donors (Lipinski definition) is 2. The highest BCUT2D eigenvalue weighted by Crippen LogP contribution is 2.22. The molecule has 112 valence electrons. The van der Waals surface area contributed by atoms with E-state index in [9.17, 15) is 4.79 Å². The van der Waals surface area contributed by atoms with Gasteiger partial charge in [-0.15, -0.1) is 0 Å². The van der Waals surface area contributed by atoms with Crippen LogP contribution in [0.15, 0.2) is 22.6 Å². The Morgan fingerprint density at radius 2 is 2.38 bits per heavy atom. The fourth-order valence-corrected chi connectivity index (χ4v) is 2.92. The van der Waals surface area contributed by atoms with Crippen molar-refractivity contribution in [3.8, 4) is 0 Å². The van der Waals surface area contributed by atoms with Gasteiger partial charge in [0.2, 0.25) is 5.91 Å². The molecule has 2 atom stereocenters. The second-order valence-corrected chi connectivity index (χ2v) is 5.71. The minimum Gasteiger partial charge on any atom is -0.441 e. The van der Waals surface area contributed by atoms with Crippen molar-refractivity contribution in [1.82, 2.24) is 10.3 Å². The zero-order valence-electron chi connectivity index (χ0n) is 12.5. The molecule has 1 aliphatic heterocycles. The third kappa shape index (κ3) is 3.08. The van der Waals surface area contributed by atoms with Gasteiger partial charge in [0.15, 0.2) is 11.5 Å². The van der Waals surface area contributed by atoms with Gasteiger partial charge in [-0.3, -0.25) is 4.79 Å². The maximum absolute atomic E-state index is 12.4. The van der Waals surface area contributed by atoms with Crippen LogP contribution in [-0.4, -0.2) is 23.5 Å². The number of carbonyl (C=O) groups excluding carboxylic acids is 1. The number of aryl methyl sites for hydroxylation is 1. The first-order chi connectivity index (χ1) is 10.2.